The number of aryl methyl sites for hydroxylation is 1. The second-order valence-corrected chi connectivity index (χ2v) is 5.29. The Bertz CT molecular complexity index is 1060. The fourth-order valence-corrected chi connectivity index (χ4v) is 2.67. The molecule has 5 nitrogen and oxygen atoms in total. The van der Waals surface area contributed by atoms with Gasteiger partial charge in [0.1, 0.15) is 5.52 Å². The Hall–Kier alpha value is -3.03. The summed E-state index contributed by atoms with van der Waals surface area (Å²) in [5, 5.41) is 8.76. The average molecular weight is 336 g/mol. The topological polar surface area (TPSA) is 74.6 Å². The Morgan fingerprint density at radius 3 is 2.62 bits per heavy atom. The monoisotopic (exact) mass is 336 g/mol. The standard InChI is InChI=1S/C16H11F3N2O3/c1-8-6-10(3-5-13(22)23)21-12-4-2-9(16(17,18)19)7-11(12)20-15(24)14(8)21/h2-7H,1H3,(H,20,24)(H,22,23). The number of hydrogen-bond donors (Lipinski definition) is 2. The normalized spacial score (nSPS) is 12.5. The summed E-state index contributed by atoms with van der Waals surface area (Å²) in [5.74, 6) is -1.17. The van der Waals surface area contributed by atoms with Crippen molar-refractivity contribution in [3.05, 3.63) is 57.5 Å². The number of aliphatic carboxylic acids is 1. The maximum atomic E-state index is 12.8. The zero-order chi connectivity index (χ0) is 17.6. The van der Waals surface area contributed by atoms with E-state index in [4.69, 9.17) is 5.11 Å². The van der Waals surface area contributed by atoms with E-state index in [1.807, 2.05) is 0 Å². The SMILES string of the molecule is Cc1cc(C=CC(=O)O)n2c1c(=O)[nH]c1cc(C(F)(F)F)ccc12. The fourth-order valence-electron chi connectivity index (χ4n) is 2.67. The molecule has 0 bridgehead atoms. The largest absolute Gasteiger partial charge is 0.478 e. The number of aromatic nitrogens is 2. The second kappa shape index (κ2) is 5.26. The smallest absolute Gasteiger partial charge is 0.416 e. The van der Waals surface area contributed by atoms with Crippen LogP contribution in [0.15, 0.2) is 35.1 Å². The molecule has 2 N–H and O–H groups in total. The van der Waals surface area contributed by atoms with Crippen molar-refractivity contribution < 1.29 is 23.1 Å². The first-order chi connectivity index (χ1) is 11.2. The molecule has 2 aromatic heterocycles. The molecule has 3 rings (SSSR count). The van der Waals surface area contributed by atoms with Gasteiger partial charge in [0.25, 0.3) is 5.56 Å². The van der Waals surface area contributed by atoms with E-state index in [9.17, 15) is 22.8 Å². The van der Waals surface area contributed by atoms with Crippen molar-refractivity contribution in [1.29, 1.82) is 0 Å². The first-order valence-corrected chi connectivity index (χ1v) is 6.85. The van der Waals surface area contributed by atoms with E-state index in [0.29, 0.717) is 16.8 Å². The van der Waals surface area contributed by atoms with Crippen LogP contribution >= 0.6 is 0 Å². The van der Waals surface area contributed by atoms with Crippen LogP contribution in [0.5, 0.6) is 0 Å². The van der Waals surface area contributed by atoms with Crippen LogP contribution < -0.4 is 5.56 Å². The summed E-state index contributed by atoms with van der Waals surface area (Å²) in [7, 11) is 0. The van der Waals surface area contributed by atoms with Gasteiger partial charge >= 0.3 is 12.1 Å². The maximum absolute atomic E-state index is 12.8. The van der Waals surface area contributed by atoms with Crippen LogP contribution in [0.25, 0.3) is 22.6 Å². The van der Waals surface area contributed by atoms with Crippen molar-refractivity contribution in [3.63, 3.8) is 0 Å². The van der Waals surface area contributed by atoms with Gasteiger partial charge in [-0.25, -0.2) is 4.79 Å². The molecule has 8 heteroatoms. The van der Waals surface area contributed by atoms with Gasteiger partial charge in [-0.3, -0.25) is 4.79 Å². The zero-order valence-corrected chi connectivity index (χ0v) is 12.3. The highest BCUT2D eigenvalue weighted by molar-refractivity contribution is 5.87. The minimum absolute atomic E-state index is 0.0166. The van der Waals surface area contributed by atoms with Crippen molar-refractivity contribution in [2.45, 2.75) is 13.1 Å². The number of carbonyl (C=O) groups is 1. The molecule has 24 heavy (non-hydrogen) atoms. The summed E-state index contributed by atoms with van der Waals surface area (Å²) >= 11 is 0. The van der Waals surface area contributed by atoms with E-state index in [1.54, 1.807) is 13.0 Å². The van der Waals surface area contributed by atoms with Crippen LogP contribution in [-0.2, 0) is 11.0 Å². The van der Waals surface area contributed by atoms with Crippen LogP contribution in [0.2, 0.25) is 0 Å². The van der Waals surface area contributed by atoms with Gasteiger partial charge in [-0.2, -0.15) is 13.2 Å². The molecule has 0 atom stereocenters. The molecule has 3 aromatic rings. The number of alkyl halides is 3. The average Bonchev–Trinajstić information content (AvgIpc) is 2.81. The lowest BCUT2D eigenvalue weighted by Crippen LogP contribution is -2.13. The van der Waals surface area contributed by atoms with Gasteiger partial charge < -0.3 is 14.5 Å². The van der Waals surface area contributed by atoms with Gasteiger partial charge in [-0.05, 0) is 42.8 Å². The Morgan fingerprint density at radius 2 is 2.00 bits per heavy atom. The number of H-pyrrole nitrogens is 1. The zero-order valence-electron chi connectivity index (χ0n) is 12.3. The molecule has 1 aromatic carbocycles. The number of carboxylic acid groups (broad SMARTS) is 1. The summed E-state index contributed by atoms with van der Waals surface area (Å²) in [5.41, 5.74) is 0.167. The third-order valence-corrected chi connectivity index (χ3v) is 3.64. The molecule has 0 aliphatic heterocycles. The van der Waals surface area contributed by atoms with Gasteiger partial charge in [0.2, 0.25) is 0 Å². The number of halogens is 3. The lowest BCUT2D eigenvalue weighted by molar-refractivity contribution is -0.137. The van der Waals surface area contributed by atoms with Crippen LogP contribution in [0.1, 0.15) is 16.8 Å². The molecular formula is C16H11F3N2O3. The summed E-state index contributed by atoms with van der Waals surface area (Å²) in [6, 6.07) is 4.62. The number of nitrogens with zero attached hydrogens (tertiary/aromatic N) is 1. The molecule has 0 radical (unpaired) electrons. The van der Waals surface area contributed by atoms with Crippen molar-refractivity contribution in [2.75, 3.05) is 0 Å². The van der Waals surface area contributed by atoms with Gasteiger partial charge in [-0.15, -0.1) is 0 Å². The Morgan fingerprint density at radius 1 is 1.29 bits per heavy atom. The molecule has 0 fully saturated rings. The lowest BCUT2D eigenvalue weighted by atomic mass is 10.2. The molecule has 124 valence electrons. The van der Waals surface area contributed by atoms with Gasteiger partial charge in [0, 0.05) is 11.8 Å². The highest BCUT2D eigenvalue weighted by atomic mass is 19.4. The van der Waals surface area contributed by atoms with Crippen LogP contribution in [-0.4, -0.2) is 20.5 Å². The number of rotatable bonds is 2. The molecule has 0 aliphatic rings. The van der Waals surface area contributed by atoms with E-state index in [-0.39, 0.29) is 11.0 Å². The van der Waals surface area contributed by atoms with E-state index >= 15 is 0 Å². The first kappa shape index (κ1) is 15.9. The third-order valence-electron chi connectivity index (χ3n) is 3.64. The molecule has 0 unspecified atom stereocenters. The van der Waals surface area contributed by atoms with Crippen LogP contribution in [0.4, 0.5) is 13.2 Å². The van der Waals surface area contributed by atoms with Crippen molar-refractivity contribution in [3.8, 4) is 0 Å². The predicted molar refractivity (Wildman–Crippen MR) is 81.9 cm³/mol. The Labute approximate surface area is 132 Å². The van der Waals surface area contributed by atoms with Crippen LogP contribution in [0, 0.1) is 6.92 Å². The number of aromatic amines is 1. The second-order valence-electron chi connectivity index (χ2n) is 5.29. The number of carboxylic acids is 1. The summed E-state index contributed by atoms with van der Waals surface area (Å²) in [4.78, 5) is 25.4. The molecule has 0 saturated heterocycles. The summed E-state index contributed by atoms with van der Waals surface area (Å²) in [6.07, 6.45) is -2.34. The molecular weight excluding hydrogens is 325 g/mol. The van der Waals surface area contributed by atoms with Gasteiger partial charge in [-0.1, -0.05) is 0 Å². The molecule has 2 heterocycles. The predicted octanol–water partition coefficient (Wildman–Crippen LogP) is 3.21. The van der Waals surface area contributed by atoms with E-state index < -0.39 is 23.3 Å². The Kier molecular flexibility index (Phi) is 3.47. The highest BCUT2D eigenvalue weighted by Gasteiger charge is 2.30. The minimum Gasteiger partial charge on any atom is -0.478 e. The molecule has 0 saturated carbocycles. The fraction of sp³-hybridized carbons (Fsp3) is 0.125. The van der Waals surface area contributed by atoms with Gasteiger partial charge in [0.05, 0.1) is 16.6 Å². The number of hydrogen-bond acceptors (Lipinski definition) is 2. The molecule has 0 aliphatic carbocycles. The van der Waals surface area contributed by atoms with Gasteiger partial charge in [0.15, 0.2) is 0 Å². The maximum Gasteiger partial charge on any atom is 0.416 e. The van der Waals surface area contributed by atoms with Crippen molar-refractivity contribution in [2.24, 2.45) is 0 Å². The first-order valence-electron chi connectivity index (χ1n) is 6.85. The number of benzene rings is 1. The van der Waals surface area contributed by atoms with Crippen LogP contribution in [0.3, 0.4) is 0 Å². The summed E-state index contributed by atoms with van der Waals surface area (Å²) in [6.45, 7) is 1.67. The third kappa shape index (κ3) is 2.55. The van der Waals surface area contributed by atoms with E-state index in [2.05, 4.69) is 4.98 Å². The lowest BCUT2D eigenvalue weighted by Gasteiger charge is -2.10. The summed E-state index contributed by atoms with van der Waals surface area (Å²) < 4.78 is 40.0. The molecule has 0 amide bonds. The minimum atomic E-state index is -4.53. The van der Waals surface area contributed by atoms with E-state index in [0.717, 1.165) is 18.2 Å². The number of fused-ring (bicyclic) bond motifs is 3. The van der Waals surface area contributed by atoms with Crippen molar-refractivity contribution >= 4 is 28.6 Å². The number of nitrogens with one attached hydrogen (secondary N) is 1. The Balaban J connectivity index is 2.41. The molecule has 0 spiro atoms. The highest BCUT2D eigenvalue weighted by Crippen LogP contribution is 2.31. The van der Waals surface area contributed by atoms with E-state index in [1.165, 1.54) is 16.5 Å². The quantitative estimate of drug-likeness (QED) is 0.706. The van der Waals surface area contributed by atoms with Crippen molar-refractivity contribution in [1.82, 2.24) is 9.38 Å².